The molecule has 0 radical (unpaired) electrons. The Morgan fingerprint density at radius 2 is 2.10 bits per heavy atom. The lowest BCUT2D eigenvalue weighted by atomic mass is 9.93. The van der Waals surface area contributed by atoms with E-state index in [0.29, 0.717) is 23.1 Å². The zero-order valence-electron chi connectivity index (χ0n) is 10.5. The largest absolute Gasteiger partial charge is 0.356 e. The minimum atomic E-state index is -3.89. The number of carbonyl (C=O) groups is 2. The van der Waals surface area contributed by atoms with Crippen molar-refractivity contribution >= 4 is 42.5 Å². The number of piperidine rings is 1. The third-order valence-corrected chi connectivity index (χ3v) is 4.67. The van der Waals surface area contributed by atoms with Crippen molar-refractivity contribution in [3.8, 4) is 0 Å². The summed E-state index contributed by atoms with van der Waals surface area (Å²) in [6, 6.07) is 4.03. The minimum absolute atomic E-state index is 0.103. The Bertz CT molecular complexity index is 858. The Hall–Kier alpha value is -1.93. The number of aromatic nitrogens is 1. The summed E-state index contributed by atoms with van der Waals surface area (Å²) in [6.45, 7) is 0. The van der Waals surface area contributed by atoms with Crippen LogP contribution in [0.25, 0.3) is 11.0 Å². The lowest BCUT2D eigenvalue weighted by Crippen LogP contribution is -2.39. The molecule has 3 rings (SSSR count). The topological polar surface area (TPSA) is 106 Å². The third kappa shape index (κ3) is 2.52. The van der Waals surface area contributed by atoms with Gasteiger partial charge in [-0.2, -0.15) is 0 Å². The van der Waals surface area contributed by atoms with Crippen molar-refractivity contribution in [2.45, 2.75) is 23.7 Å². The van der Waals surface area contributed by atoms with Crippen LogP contribution in [0, 0.1) is 0 Å². The van der Waals surface area contributed by atoms with Crippen LogP contribution in [0.2, 0.25) is 0 Å². The molecule has 1 unspecified atom stereocenters. The highest BCUT2D eigenvalue weighted by Gasteiger charge is 2.32. The average molecular weight is 329 g/mol. The van der Waals surface area contributed by atoms with E-state index in [4.69, 9.17) is 15.2 Å². The molecule has 1 aromatic carbocycles. The first-order valence-corrected chi connectivity index (χ1v) is 8.35. The maximum Gasteiger partial charge on any atom is 0.261 e. The van der Waals surface area contributed by atoms with Crippen molar-refractivity contribution in [2.24, 2.45) is 0 Å². The quantitative estimate of drug-likeness (QED) is 0.657. The van der Waals surface area contributed by atoms with E-state index in [1.54, 1.807) is 0 Å². The lowest BCUT2D eigenvalue weighted by Gasteiger charge is -2.18. The number of hydrogen-bond acceptors (Lipinski definition) is 6. The van der Waals surface area contributed by atoms with Crippen LogP contribution in [-0.4, -0.2) is 25.4 Å². The predicted molar refractivity (Wildman–Crippen MR) is 72.2 cm³/mol. The third-order valence-electron chi connectivity index (χ3n) is 3.32. The molecule has 1 aromatic heterocycles. The summed E-state index contributed by atoms with van der Waals surface area (Å²) < 4.78 is 27.9. The van der Waals surface area contributed by atoms with Gasteiger partial charge in [0.25, 0.3) is 9.05 Å². The number of rotatable bonds is 2. The molecule has 2 heterocycles. The zero-order valence-corrected chi connectivity index (χ0v) is 12.1. The SMILES string of the molecule is O=C1CCC(c2noc3ccc(S(=O)(=O)Cl)cc23)C(=O)N1. The molecular weight excluding hydrogens is 320 g/mol. The molecule has 1 N–H and O–H groups in total. The Labute approximate surface area is 123 Å². The van der Waals surface area contributed by atoms with Crippen LogP contribution in [-0.2, 0) is 18.6 Å². The second-order valence-electron chi connectivity index (χ2n) is 4.67. The molecule has 2 amide bonds. The Morgan fingerprint density at radius 3 is 2.76 bits per heavy atom. The lowest BCUT2D eigenvalue weighted by molar-refractivity contribution is -0.134. The molecule has 110 valence electrons. The van der Waals surface area contributed by atoms with Crippen molar-refractivity contribution in [2.75, 3.05) is 0 Å². The fourth-order valence-corrected chi connectivity index (χ4v) is 3.07. The first-order valence-electron chi connectivity index (χ1n) is 6.04. The fraction of sp³-hybridized carbons (Fsp3) is 0.250. The highest BCUT2D eigenvalue weighted by atomic mass is 35.7. The predicted octanol–water partition coefficient (Wildman–Crippen LogP) is 1.28. The van der Waals surface area contributed by atoms with Gasteiger partial charge in [-0.15, -0.1) is 0 Å². The van der Waals surface area contributed by atoms with Gasteiger partial charge in [-0.05, 0) is 24.6 Å². The second-order valence-corrected chi connectivity index (χ2v) is 7.23. The van der Waals surface area contributed by atoms with E-state index < -0.39 is 20.9 Å². The molecule has 21 heavy (non-hydrogen) atoms. The molecule has 1 saturated heterocycles. The van der Waals surface area contributed by atoms with Crippen LogP contribution < -0.4 is 5.32 Å². The molecule has 0 aliphatic carbocycles. The summed E-state index contributed by atoms with van der Waals surface area (Å²) in [5.41, 5.74) is 0.649. The van der Waals surface area contributed by atoms with Gasteiger partial charge in [0.15, 0.2) is 5.58 Å². The average Bonchev–Trinajstić information content (AvgIpc) is 2.80. The summed E-state index contributed by atoms with van der Waals surface area (Å²) in [5.74, 6) is -1.47. The first kappa shape index (κ1) is 14.0. The van der Waals surface area contributed by atoms with E-state index in [1.807, 2.05) is 0 Å². The number of hydrogen-bond donors (Lipinski definition) is 1. The number of carbonyl (C=O) groups excluding carboxylic acids is 2. The van der Waals surface area contributed by atoms with E-state index in [-0.39, 0.29) is 17.2 Å². The van der Waals surface area contributed by atoms with Crippen molar-refractivity contribution < 1.29 is 22.5 Å². The number of imide groups is 1. The van der Waals surface area contributed by atoms with Crippen LogP contribution in [0.4, 0.5) is 0 Å². The van der Waals surface area contributed by atoms with Gasteiger partial charge in [-0.1, -0.05) is 5.16 Å². The van der Waals surface area contributed by atoms with Crippen molar-refractivity contribution in [1.82, 2.24) is 10.5 Å². The summed E-state index contributed by atoms with van der Waals surface area (Å²) in [6.07, 6.45) is 0.489. The summed E-state index contributed by atoms with van der Waals surface area (Å²) >= 11 is 0. The number of amides is 2. The fourth-order valence-electron chi connectivity index (χ4n) is 2.29. The highest BCUT2D eigenvalue weighted by molar-refractivity contribution is 8.13. The standard InChI is InChI=1S/C12H9ClN2O5S/c13-21(18,19)6-1-3-9-8(5-6)11(15-20-9)7-2-4-10(16)14-12(7)17/h1,3,5,7H,2,4H2,(H,14,16,17). The van der Waals surface area contributed by atoms with Crippen LogP contribution in [0.5, 0.6) is 0 Å². The van der Waals surface area contributed by atoms with Crippen LogP contribution >= 0.6 is 10.7 Å². The highest BCUT2D eigenvalue weighted by Crippen LogP contribution is 2.32. The Kier molecular flexibility index (Phi) is 3.22. The minimum Gasteiger partial charge on any atom is -0.356 e. The maximum atomic E-state index is 11.9. The van der Waals surface area contributed by atoms with Gasteiger partial charge in [0.1, 0.15) is 5.69 Å². The van der Waals surface area contributed by atoms with Gasteiger partial charge in [0, 0.05) is 22.5 Å². The van der Waals surface area contributed by atoms with Crippen molar-refractivity contribution in [1.29, 1.82) is 0 Å². The maximum absolute atomic E-state index is 11.9. The van der Waals surface area contributed by atoms with Gasteiger partial charge in [0.05, 0.1) is 10.8 Å². The van der Waals surface area contributed by atoms with Gasteiger partial charge in [0.2, 0.25) is 11.8 Å². The molecule has 1 atom stereocenters. The Balaban J connectivity index is 2.11. The number of benzene rings is 1. The van der Waals surface area contributed by atoms with Gasteiger partial charge >= 0.3 is 0 Å². The molecule has 2 aromatic rings. The van der Waals surface area contributed by atoms with Crippen LogP contribution in [0.1, 0.15) is 24.5 Å². The van der Waals surface area contributed by atoms with E-state index in [9.17, 15) is 18.0 Å². The first-order chi connectivity index (χ1) is 9.86. The summed E-state index contributed by atoms with van der Waals surface area (Å²) in [7, 11) is 1.42. The zero-order chi connectivity index (χ0) is 15.2. The molecular formula is C12H9ClN2O5S. The molecule has 0 spiro atoms. The second kappa shape index (κ2) is 4.81. The molecule has 1 aliphatic rings. The van der Waals surface area contributed by atoms with Gasteiger partial charge in [-0.3, -0.25) is 14.9 Å². The van der Waals surface area contributed by atoms with Crippen LogP contribution in [0.15, 0.2) is 27.6 Å². The summed E-state index contributed by atoms with van der Waals surface area (Å²) in [5, 5.41) is 6.45. The van der Waals surface area contributed by atoms with E-state index in [1.165, 1.54) is 18.2 Å². The number of halogens is 1. The van der Waals surface area contributed by atoms with E-state index in [2.05, 4.69) is 10.5 Å². The normalized spacial score (nSPS) is 19.8. The van der Waals surface area contributed by atoms with Crippen LogP contribution in [0.3, 0.4) is 0 Å². The smallest absolute Gasteiger partial charge is 0.261 e. The molecule has 0 saturated carbocycles. The summed E-state index contributed by atoms with van der Waals surface area (Å²) in [4.78, 5) is 22.9. The molecule has 9 heteroatoms. The van der Waals surface area contributed by atoms with E-state index in [0.717, 1.165) is 0 Å². The monoisotopic (exact) mass is 328 g/mol. The van der Waals surface area contributed by atoms with E-state index >= 15 is 0 Å². The van der Waals surface area contributed by atoms with Gasteiger partial charge < -0.3 is 4.52 Å². The molecule has 1 fully saturated rings. The number of nitrogens with zero attached hydrogens (tertiary/aromatic N) is 1. The molecule has 0 bridgehead atoms. The van der Waals surface area contributed by atoms with Crippen molar-refractivity contribution in [3.63, 3.8) is 0 Å². The number of nitrogens with one attached hydrogen (secondary N) is 1. The molecule has 1 aliphatic heterocycles. The van der Waals surface area contributed by atoms with Crippen molar-refractivity contribution in [3.05, 3.63) is 23.9 Å². The van der Waals surface area contributed by atoms with Gasteiger partial charge in [-0.25, -0.2) is 8.42 Å². The molecule has 7 nitrogen and oxygen atoms in total. The Morgan fingerprint density at radius 1 is 1.33 bits per heavy atom. The number of fused-ring (bicyclic) bond motifs is 1.